The van der Waals surface area contributed by atoms with E-state index >= 15 is 0 Å². The van der Waals surface area contributed by atoms with Crippen LogP contribution in [0.2, 0.25) is 0 Å². The van der Waals surface area contributed by atoms with Gasteiger partial charge in [0.15, 0.2) is 6.61 Å². The molecule has 0 unspecified atom stereocenters. The number of nitrogens with zero attached hydrogens (tertiary/aromatic N) is 2. The molecule has 0 aliphatic carbocycles. The normalized spacial score (nSPS) is 14.8. The minimum absolute atomic E-state index is 0.178. The van der Waals surface area contributed by atoms with E-state index in [0.29, 0.717) is 38.0 Å². The molecule has 0 saturated carbocycles. The third kappa shape index (κ3) is 5.26. The average Bonchev–Trinajstić information content (AvgIpc) is 3.11. The highest BCUT2D eigenvalue weighted by atomic mass is 32.2. The summed E-state index contributed by atoms with van der Waals surface area (Å²) >= 11 is 0. The second kappa shape index (κ2) is 9.61. The molecule has 9 heteroatoms. The molecule has 1 fully saturated rings. The predicted octanol–water partition coefficient (Wildman–Crippen LogP) is 1.42. The van der Waals surface area contributed by atoms with Gasteiger partial charge in [0.1, 0.15) is 0 Å². The summed E-state index contributed by atoms with van der Waals surface area (Å²) in [5.74, 6) is -1.51. The van der Waals surface area contributed by atoms with Gasteiger partial charge in [-0.3, -0.25) is 14.5 Å². The molecule has 152 valence electrons. The number of amides is 2. The zero-order valence-corrected chi connectivity index (χ0v) is 16.8. The van der Waals surface area contributed by atoms with Crippen molar-refractivity contribution in [1.82, 2.24) is 9.21 Å². The van der Waals surface area contributed by atoms with Crippen molar-refractivity contribution in [2.75, 3.05) is 26.2 Å². The van der Waals surface area contributed by atoms with Crippen LogP contribution in [-0.2, 0) is 29.1 Å². The van der Waals surface area contributed by atoms with Crippen LogP contribution >= 0.6 is 0 Å². The van der Waals surface area contributed by atoms with Crippen molar-refractivity contribution in [3.8, 4) is 0 Å². The van der Waals surface area contributed by atoms with Gasteiger partial charge in [0, 0.05) is 32.1 Å². The fourth-order valence-corrected chi connectivity index (χ4v) is 4.26. The number of carbonyl (C=O) groups is 3. The van der Waals surface area contributed by atoms with E-state index in [1.165, 1.54) is 22.5 Å². The van der Waals surface area contributed by atoms with E-state index in [0.717, 1.165) is 11.0 Å². The summed E-state index contributed by atoms with van der Waals surface area (Å²) < 4.78 is 31.1. The third-order valence-corrected chi connectivity index (χ3v) is 6.41. The number of hydrogen-bond acceptors (Lipinski definition) is 6. The molecule has 0 atom stereocenters. The Labute approximate surface area is 164 Å². The second-order valence-corrected chi connectivity index (χ2v) is 8.08. The van der Waals surface area contributed by atoms with Gasteiger partial charge in [-0.15, -0.1) is 0 Å². The van der Waals surface area contributed by atoms with Gasteiger partial charge in [0.2, 0.25) is 15.9 Å². The van der Waals surface area contributed by atoms with E-state index < -0.39 is 28.5 Å². The van der Waals surface area contributed by atoms with Gasteiger partial charge >= 0.3 is 5.97 Å². The van der Waals surface area contributed by atoms with Crippen molar-refractivity contribution < 1.29 is 27.5 Å². The van der Waals surface area contributed by atoms with Gasteiger partial charge in [-0.05, 0) is 30.2 Å². The maximum absolute atomic E-state index is 12.4. The Morgan fingerprint density at radius 3 is 2.36 bits per heavy atom. The van der Waals surface area contributed by atoms with Crippen LogP contribution in [0.15, 0.2) is 35.2 Å². The molecule has 0 radical (unpaired) electrons. The fraction of sp³-hybridized carbons (Fsp3) is 0.421. The van der Waals surface area contributed by atoms with Crippen LogP contribution in [-0.4, -0.2) is 61.6 Å². The van der Waals surface area contributed by atoms with E-state index in [2.05, 4.69) is 0 Å². The number of hydrogen-bond donors (Lipinski definition) is 0. The minimum atomic E-state index is -3.53. The SMILES string of the molecule is CCN(CC)S(=O)(=O)c1ccc(C=CC(=O)OCC(=O)N2CCCC2=O)cc1. The first-order valence-electron chi connectivity index (χ1n) is 9.07. The fourth-order valence-electron chi connectivity index (χ4n) is 2.80. The van der Waals surface area contributed by atoms with Crippen molar-refractivity contribution in [2.45, 2.75) is 31.6 Å². The first-order valence-corrected chi connectivity index (χ1v) is 10.5. The molecular formula is C19H24N2O6S. The Bertz CT molecular complexity index is 857. The first-order chi connectivity index (χ1) is 13.3. The molecule has 2 rings (SSSR count). The molecule has 0 N–H and O–H groups in total. The molecule has 1 heterocycles. The lowest BCUT2D eigenvalue weighted by atomic mass is 10.2. The summed E-state index contributed by atoms with van der Waals surface area (Å²) in [5, 5.41) is 0. The van der Waals surface area contributed by atoms with E-state index in [-0.39, 0.29) is 10.8 Å². The summed E-state index contributed by atoms with van der Waals surface area (Å²) in [6, 6.07) is 6.10. The van der Waals surface area contributed by atoms with Gasteiger partial charge in [0.25, 0.3) is 5.91 Å². The Hall–Kier alpha value is -2.52. The molecule has 8 nitrogen and oxygen atoms in total. The van der Waals surface area contributed by atoms with Crippen molar-refractivity contribution in [3.63, 3.8) is 0 Å². The van der Waals surface area contributed by atoms with Crippen LogP contribution in [0.1, 0.15) is 32.3 Å². The molecule has 0 bridgehead atoms. The van der Waals surface area contributed by atoms with Crippen LogP contribution in [0.25, 0.3) is 6.08 Å². The quantitative estimate of drug-likeness (QED) is 0.476. The first kappa shape index (κ1) is 21.8. The predicted molar refractivity (Wildman–Crippen MR) is 102 cm³/mol. The molecule has 1 aliphatic heterocycles. The highest BCUT2D eigenvalue weighted by Gasteiger charge is 2.26. The standard InChI is InChI=1S/C19H24N2O6S/c1-3-20(4-2)28(25,26)16-10-7-15(8-11-16)9-12-19(24)27-14-18(23)21-13-5-6-17(21)22/h7-12H,3-6,13-14H2,1-2H3. The molecule has 0 spiro atoms. The number of imide groups is 1. The van der Waals surface area contributed by atoms with Gasteiger partial charge in [0.05, 0.1) is 4.90 Å². The molecule has 1 aliphatic rings. The largest absolute Gasteiger partial charge is 0.452 e. The van der Waals surface area contributed by atoms with Gasteiger partial charge in [-0.1, -0.05) is 26.0 Å². The van der Waals surface area contributed by atoms with Crippen LogP contribution in [0.3, 0.4) is 0 Å². The number of ether oxygens (including phenoxy) is 1. The number of sulfonamides is 1. The van der Waals surface area contributed by atoms with Gasteiger partial charge < -0.3 is 4.74 Å². The Balaban J connectivity index is 1.92. The van der Waals surface area contributed by atoms with Crippen LogP contribution in [0, 0.1) is 0 Å². The van der Waals surface area contributed by atoms with Gasteiger partial charge in [-0.25, -0.2) is 13.2 Å². The molecule has 1 aromatic rings. The van der Waals surface area contributed by atoms with E-state index in [9.17, 15) is 22.8 Å². The maximum Gasteiger partial charge on any atom is 0.331 e. The summed E-state index contributed by atoms with van der Waals surface area (Å²) in [7, 11) is -3.53. The topological polar surface area (TPSA) is 101 Å². The van der Waals surface area contributed by atoms with Crippen LogP contribution in [0.4, 0.5) is 0 Å². The zero-order valence-electron chi connectivity index (χ0n) is 16.0. The minimum Gasteiger partial charge on any atom is -0.452 e. The van der Waals surface area contributed by atoms with Gasteiger partial charge in [-0.2, -0.15) is 4.31 Å². The highest BCUT2D eigenvalue weighted by Crippen LogP contribution is 2.17. The average molecular weight is 408 g/mol. The maximum atomic E-state index is 12.4. The lowest BCUT2D eigenvalue weighted by Crippen LogP contribution is -2.35. The summed E-state index contributed by atoms with van der Waals surface area (Å²) in [6.07, 6.45) is 3.56. The summed E-state index contributed by atoms with van der Waals surface area (Å²) in [5.41, 5.74) is 0.608. The molecule has 1 aromatic carbocycles. The molecule has 28 heavy (non-hydrogen) atoms. The molecule has 0 aromatic heterocycles. The zero-order chi connectivity index (χ0) is 20.7. The summed E-state index contributed by atoms with van der Waals surface area (Å²) in [4.78, 5) is 36.3. The highest BCUT2D eigenvalue weighted by molar-refractivity contribution is 7.89. The van der Waals surface area contributed by atoms with Crippen molar-refractivity contribution in [1.29, 1.82) is 0 Å². The second-order valence-electron chi connectivity index (χ2n) is 6.14. The van der Waals surface area contributed by atoms with E-state index in [4.69, 9.17) is 4.74 Å². The van der Waals surface area contributed by atoms with Crippen LogP contribution < -0.4 is 0 Å². The van der Waals surface area contributed by atoms with E-state index in [1.807, 2.05) is 0 Å². The molecular weight excluding hydrogens is 384 g/mol. The number of likely N-dealkylation sites (tertiary alicyclic amines) is 1. The molecule has 2 amide bonds. The number of rotatable bonds is 8. The number of carbonyl (C=O) groups excluding carboxylic acids is 3. The molecule has 1 saturated heterocycles. The van der Waals surface area contributed by atoms with Crippen LogP contribution in [0.5, 0.6) is 0 Å². The smallest absolute Gasteiger partial charge is 0.331 e. The Morgan fingerprint density at radius 2 is 1.82 bits per heavy atom. The summed E-state index contributed by atoms with van der Waals surface area (Å²) in [6.45, 7) is 4.17. The lowest BCUT2D eigenvalue weighted by molar-refractivity contribution is -0.151. The Morgan fingerprint density at radius 1 is 1.18 bits per heavy atom. The number of benzene rings is 1. The third-order valence-electron chi connectivity index (χ3n) is 4.35. The van der Waals surface area contributed by atoms with Crippen molar-refractivity contribution >= 4 is 33.9 Å². The lowest BCUT2D eigenvalue weighted by Gasteiger charge is -2.18. The van der Waals surface area contributed by atoms with E-state index in [1.54, 1.807) is 26.0 Å². The van der Waals surface area contributed by atoms with Crippen molar-refractivity contribution in [2.24, 2.45) is 0 Å². The monoisotopic (exact) mass is 408 g/mol. The van der Waals surface area contributed by atoms with Crippen molar-refractivity contribution in [3.05, 3.63) is 35.9 Å². The Kier molecular flexibility index (Phi) is 7.47. The number of esters is 1.